The van der Waals surface area contributed by atoms with Crippen molar-refractivity contribution in [2.24, 2.45) is 0 Å². The van der Waals surface area contributed by atoms with Crippen LogP contribution in [-0.2, 0) is 11.3 Å². The first-order valence-corrected chi connectivity index (χ1v) is 7.27. The van der Waals surface area contributed by atoms with Crippen LogP contribution in [0.25, 0.3) is 0 Å². The highest BCUT2D eigenvalue weighted by atomic mass is 16.5. The molecule has 0 radical (unpaired) electrons. The van der Waals surface area contributed by atoms with Crippen molar-refractivity contribution in [2.75, 3.05) is 53.6 Å². The third-order valence-electron chi connectivity index (χ3n) is 3.75. The molecule has 5 heteroatoms. The molecule has 0 bridgehead atoms. The molecule has 5 nitrogen and oxygen atoms in total. The molecule has 112 valence electrons. The van der Waals surface area contributed by atoms with Crippen LogP contribution in [0.4, 0.5) is 0 Å². The summed E-state index contributed by atoms with van der Waals surface area (Å²) in [5.74, 6) is 1.81. The third-order valence-corrected chi connectivity index (χ3v) is 3.75. The maximum Gasteiger partial charge on any atom is 0.127 e. The number of nitrogens with two attached hydrogens (primary N) is 1. The van der Waals surface area contributed by atoms with Gasteiger partial charge >= 0.3 is 0 Å². The van der Waals surface area contributed by atoms with Gasteiger partial charge < -0.3 is 24.4 Å². The van der Waals surface area contributed by atoms with E-state index in [2.05, 4.69) is 11.4 Å². The van der Waals surface area contributed by atoms with Gasteiger partial charge in [0.25, 0.3) is 0 Å². The van der Waals surface area contributed by atoms with Crippen molar-refractivity contribution in [3.63, 3.8) is 0 Å². The molecule has 1 saturated heterocycles. The van der Waals surface area contributed by atoms with Gasteiger partial charge in [-0.3, -0.25) is 0 Å². The first kappa shape index (κ1) is 15.1. The molecule has 1 aliphatic rings. The summed E-state index contributed by atoms with van der Waals surface area (Å²) in [7, 11) is 3.40. The van der Waals surface area contributed by atoms with E-state index in [0.29, 0.717) is 0 Å². The Kier molecular flexibility index (Phi) is 6.11. The Morgan fingerprint density at radius 1 is 1.20 bits per heavy atom. The number of benzene rings is 1. The molecule has 0 unspecified atom stereocenters. The second-order valence-electron chi connectivity index (χ2n) is 5.07. The van der Waals surface area contributed by atoms with Gasteiger partial charge in [-0.05, 0) is 18.2 Å². The highest BCUT2D eigenvalue weighted by Crippen LogP contribution is 2.22. The van der Waals surface area contributed by atoms with E-state index in [4.69, 9.17) is 14.2 Å². The van der Waals surface area contributed by atoms with Gasteiger partial charge in [-0.25, -0.2) is 0 Å². The third kappa shape index (κ3) is 4.37. The fourth-order valence-corrected chi connectivity index (χ4v) is 2.52. The first-order chi connectivity index (χ1) is 9.83. The Hall–Kier alpha value is -1.30. The van der Waals surface area contributed by atoms with E-state index >= 15 is 0 Å². The molecule has 0 aliphatic carbocycles. The van der Waals surface area contributed by atoms with Crippen LogP contribution in [-0.4, -0.2) is 53.6 Å². The maximum absolute atomic E-state index is 5.39. The summed E-state index contributed by atoms with van der Waals surface area (Å²) in [5, 5.41) is 2.33. The van der Waals surface area contributed by atoms with E-state index < -0.39 is 0 Å². The van der Waals surface area contributed by atoms with Gasteiger partial charge in [0.05, 0.1) is 33.0 Å². The van der Waals surface area contributed by atoms with Crippen molar-refractivity contribution in [3.05, 3.63) is 23.8 Å². The molecule has 1 aromatic rings. The molecule has 20 heavy (non-hydrogen) atoms. The second-order valence-corrected chi connectivity index (χ2v) is 5.07. The summed E-state index contributed by atoms with van der Waals surface area (Å²) in [6.45, 7) is 7.31. The maximum atomic E-state index is 5.39. The van der Waals surface area contributed by atoms with E-state index in [9.17, 15) is 0 Å². The molecule has 0 aromatic heterocycles. The molecule has 2 rings (SSSR count). The predicted molar refractivity (Wildman–Crippen MR) is 76.4 cm³/mol. The number of quaternary nitrogens is 2. The van der Waals surface area contributed by atoms with E-state index in [0.717, 1.165) is 50.9 Å². The van der Waals surface area contributed by atoms with Crippen molar-refractivity contribution in [1.82, 2.24) is 0 Å². The normalized spacial score (nSPS) is 16.1. The van der Waals surface area contributed by atoms with E-state index in [1.165, 1.54) is 12.1 Å². The molecule has 0 amide bonds. The number of morpholine rings is 1. The van der Waals surface area contributed by atoms with Gasteiger partial charge in [0.15, 0.2) is 0 Å². The highest BCUT2D eigenvalue weighted by Gasteiger charge is 2.14. The van der Waals surface area contributed by atoms with Crippen molar-refractivity contribution in [3.8, 4) is 11.5 Å². The quantitative estimate of drug-likeness (QED) is 0.610. The van der Waals surface area contributed by atoms with Crippen LogP contribution in [0.3, 0.4) is 0 Å². The number of rotatable bonds is 7. The number of hydrogen-bond acceptors (Lipinski definition) is 3. The Balaban J connectivity index is 1.77. The second kappa shape index (κ2) is 8.09. The van der Waals surface area contributed by atoms with Gasteiger partial charge in [0.2, 0.25) is 0 Å². The summed E-state index contributed by atoms with van der Waals surface area (Å²) in [6.07, 6.45) is 0. The SMILES string of the molecule is COc1ccc(OC)c(C[NH2+]CC[NH+]2CCOCC2)c1. The van der Waals surface area contributed by atoms with Crippen LogP contribution in [0, 0.1) is 0 Å². The van der Waals surface area contributed by atoms with Gasteiger partial charge in [0, 0.05) is 0 Å². The fourth-order valence-electron chi connectivity index (χ4n) is 2.52. The molecule has 0 saturated carbocycles. The lowest BCUT2D eigenvalue weighted by Crippen LogP contribution is -3.16. The molecular formula is C15H26N2O3+2. The van der Waals surface area contributed by atoms with E-state index in [1.54, 1.807) is 19.1 Å². The zero-order valence-corrected chi connectivity index (χ0v) is 12.5. The van der Waals surface area contributed by atoms with Crippen molar-refractivity contribution in [1.29, 1.82) is 0 Å². The molecule has 0 spiro atoms. The summed E-state index contributed by atoms with van der Waals surface area (Å²) in [4.78, 5) is 1.64. The smallest absolute Gasteiger partial charge is 0.127 e. The number of hydrogen-bond donors (Lipinski definition) is 2. The van der Waals surface area contributed by atoms with Crippen molar-refractivity contribution < 1.29 is 24.4 Å². The Morgan fingerprint density at radius 3 is 2.70 bits per heavy atom. The Labute approximate surface area is 120 Å². The number of nitrogens with one attached hydrogen (secondary N) is 1. The predicted octanol–water partition coefficient (Wildman–Crippen LogP) is -1.32. The molecule has 1 aromatic carbocycles. The zero-order valence-electron chi connectivity index (χ0n) is 12.5. The van der Waals surface area contributed by atoms with E-state index in [1.807, 2.05) is 12.1 Å². The molecule has 3 N–H and O–H groups in total. The molecule has 0 atom stereocenters. The van der Waals surface area contributed by atoms with Crippen molar-refractivity contribution in [2.45, 2.75) is 6.54 Å². The highest BCUT2D eigenvalue weighted by molar-refractivity contribution is 5.39. The minimum absolute atomic E-state index is 0.882. The zero-order chi connectivity index (χ0) is 14.2. The van der Waals surface area contributed by atoms with E-state index in [-0.39, 0.29) is 0 Å². The van der Waals surface area contributed by atoms with Crippen LogP contribution in [0.1, 0.15) is 5.56 Å². The van der Waals surface area contributed by atoms with Gasteiger partial charge in [-0.1, -0.05) is 0 Å². The average molecular weight is 282 g/mol. The minimum atomic E-state index is 0.882. The van der Waals surface area contributed by atoms with Crippen LogP contribution < -0.4 is 19.7 Å². The van der Waals surface area contributed by atoms with Crippen molar-refractivity contribution >= 4 is 0 Å². The topological polar surface area (TPSA) is 48.7 Å². The molecule has 1 heterocycles. The lowest BCUT2D eigenvalue weighted by atomic mass is 10.2. The first-order valence-electron chi connectivity index (χ1n) is 7.27. The number of ether oxygens (including phenoxy) is 3. The lowest BCUT2D eigenvalue weighted by Gasteiger charge is -2.22. The number of methoxy groups -OCH3 is 2. The average Bonchev–Trinajstić information content (AvgIpc) is 2.52. The molecule has 1 aliphatic heterocycles. The van der Waals surface area contributed by atoms with Gasteiger partial charge in [-0.2, -0.15) is 0 Å². The summed E-state index contributed by atoms with van der Waals surface area (Å²) >= 11 is 0. The standard InChI is InChI=1S/C15H24N2O3/c1-18-14-3-4-15(19-2)13(11-14)12-16-5-6-17-7-9-20-10-8-17/h3-4,11,16H,5-10,12H2,1-2H3/p+2. The largest absolute Gasteiger partial charge is 0.497 e. The van der Waals surface area contributed by atoms with Gasteiger partial charge in [-0.15, -0.1) is 0 Å². The van der Waals surface area contributed by atoms with Crippen LogP contribution in [0.15, 0.2) is 18.2 Å². The summed E-state index contributed by atoms with van der Waals surface area (Å²) < 4.78 is 16.0. The lowest BCUT2D eigenvalue weighted by molar-refractivity contribution is -0.920. The minimum Gasteiger partial charge on any atom is -0.497 e. The van der Waals surface area contributed by atoms with Crippen LogP contribution >= 0.6 is 0 Å². The Bertz CT molecular complexity index is 406. The summed E-state index contributed by atoms with van der Waals surface area (Å²) in [6, 6.07) is 5.95. The van der Waals surface area contributed by atoms with Crippen LogP contribution in [0.5, 0.6) is 11.5 Å². The van der Waals surface area contributed by atoms with Gasteiger partial charge in [0.1, 0.15) is 44.2 Å². The monoisotopic (exact) mass is 282 g/mol. The summed E-state index contributed by atoms with van der Waals surface area (Å²) in [5.41, 5.74) is 1.18. The molecule has 1 fully saturated rings. The molecular weight excluding hydrogens is 256 g/mol. The Morgan fingerprint density at radius 2 is 2.00 bits per heavy atom. The van der Waals surface area contributed by atoms with Crippen LogP contribution in [0.2, 0.25) is 0 Å². The fraction of sp³-hybridized carbons (Fsp3) is 0.600.